The van der Waals surface area contributed by atoms with E-state index < -0.39 is 0 Å². The molecule has 114 valence electrons. The summed E-state index contributed by atoms with van der Waals surface area (Å²) in [5.74, 6) is 0. The number of aryl methyl sites for hydroxylation is 2. The van der Waals surface area contributed by atoms with Gasteiger partial charge in [0.2, 0.25) is 0 Å². The molecule has 0 amide bonds. The van der Waals surface area contributed by atoms with Gasteiger partial charge in [0.15, 0.2) is 0 Å². The van der Waals surface area contributed by atoms with Crippen LogP contribution in [0.15, 0.2) is 4.47 Å². The van der Waals surface area contributed by atoms with E-state index in [0.717, 1.165) is 38.3 Å². The third-order valence-electron chi connectivity index (χ3n) is 4.84. The van der Waals surface area contributed by atoms with Gasteiger partial charge >= 0.3 is 0 Å². The van der Waals surface area contributed by atoms with Crippen LogP contribution in [0, 0.1) is 0 Å². The minimum atomic E-state index is 0.286. The molecule has 0 unspecified atom stereocenters. The van der Waals surface area contributed by atoms with Crippen molar-refractivity contribution >= 4 is 15.9 Å². The maximum absolute atomic E-state index is 4.62. The highest BCUT2D eigenvalue weighted by Crippen LogP contribution is 2.30. The Balaban J connectivity index is 2.25. The van der Waals surface area contributed by atoms with Gasteiger partial charge < -0.3 is 5.32 Å². The van der Waals surface area contributed by atoms with Gasteiger partial charge in [-0.25, -0.2) is 0 Å². The van der Waals surface area contributed by atoms with Crippen molar-refractivity contribution in [2.75, 3.05) is 19.6 Å². The van der Waals surface area contributed by atoms with Crippen LogP contribution in [0.25, 0.3) is 0 Å². The van der Waals surface area contributed by atoms with Crippen molar-refractivity contribution < 1.29 is 0 Å². The molecule has 0 spiro atoms. The molecule has 1 aliphatic heterocycles. The lowest BCUT2D eigenvalue weighted by Gasteiger charge is -2.47. The summed E-state index contributed by atoms with van der Waals surface area (Å²) in [6.45, 7) is 11.0. The summed E-state index contributed by atoms with van der Waals surface area (Å²) >= 11 is 3.74. The molecule has 20 heavy (non-hydrogen) atoms. The minimum Gasteiger partial charge on any atom is -0.314 e. The van der Waals surface area contributed by atoms with E-state index in [9.17, 15) is 0 Å². The third-order valence-corrected chi connectivity index (χ3v) is 5.76. The Morgan fingerprint density at radius 3 is 2.55 bits per heavy atom. The molecule has 0 aromatic carbocycles. The molecule has 4 nitrogen and oxygen atoms in total. The summed E-state index contributed by atoms with van der Waals surface area (Å²) in [7, 11) is 2.06. The topological polar surface area (TPSA) is 33.1 Å². The first-order chi connectivity index (χ1) is 9.57. The van der Waals surface area contributed by atoms with Gasteiger partial charge in [0, 0.05) is 38.8 Å². The third kappa shape index (κ3) is 2.81. The van der Waals surface area contributed by atoms with Crippen LogP contribution >= 0.6 is 15.9 Å². The van der Waals surface area contributed by atoms with Crippen LogP contribution in [0.5, 0.6) is 0 Å². The molecule has 5 heteroatoms. The molecule has 1 aromatic heterocycles. The van der Waals surface area contributed by atoms with Gasteiger partial charge in [-0.3, -0.25) is 9.58 Å². The normalized spacial score (nSPS) is 19.4. The number of nitrogens with zero attached hydrogens (tertiary/aromatic N) is 3. The molecular formula is C15H27BrN4. The summed E-state index contributed by atoms with van der Waals surface area (Å²) < 4.78 is 3.24. The van der Waals surface area contributed by atoms with Crippen molar-refractivity contribution in [1.82, 2.24) is 20.0 Å². The van der Waals surface area contributed by atoms with E-state index in [1.807, 2.05) is 4.68 Å². The van der Waals surface area contributed by atoms with Gasteiger partial charge in [0.1, 0.15) is 0 Å². The minimum absolute atomic E-state index is 0.286. The van der Waals surface area contributed by atoms with Crippen LogP contribution in [-0.2, 0) is 20.0 Å². The van der Waals surface area contributed by atoms with Crippen LogP contribution in [0.3, 0.4) is 0 Å². The predicted molar refractivity (Wildman–Crippen MR) is 86.9 cm³/mol. The lowest BCUT2D eigenvalue weighted by Crippen LogP contribution is -2.60. The van der Waals surface area contributed by atoms with Gasteiger partial charge in [-0.15, -0.1) is 0 Å². The second-order valence-corrected chi connectivity index (χ2v) is 6.51. The molecule has 0 aliphatic carbocycles. The molecule has 2 rings (SSSR count). The average Bonchev–Trinajstić information content (AvgIpc) is 2.75. The van der Waals surface area contributed by atoms with Gasteiger partial charge in [0.25, 0.3) is 0 Å². The van der Waals surface area contributed by atoms with Crippen LogP contribution in [0.1, 0.15) is 45.0 Å². The van der Waals surface area contributed by atoms with E-state index in [2.05, 4.69) is 59.1 Å². The smallest absolute Gasteiger partial charge is 0.0767 e. The number of hydrogen-bond acceptors (Lipinski definition) is 3. The van der Waals surface area contributed by atoms with Crippen molar-refractivity contribution in [3.63, 3.8) is 0 Å². The fourth-order valence-corrected chi connectivity index (χ4v) is 3.99. The summed E-state index contributed by atoms with van der Waals surface area (Å²) in [5, 5.41) is 8.18. The largest absolute Gasteiger partial charge is 0.314 e. The number of piperazine rings is 1. The van der Waals surface area contributed by atoms with E-state index in [4.69, 9.17) is 0 Å². The zero-order chi connectivity index (χ0) is 14.8. The Morgan fingerprint density at radius 2 is 2.00 bits per heavy atom. The highest BCUT2D eigenvalue weighted by Gasteiger charge is 2.36. The Labute approximate surface area is 131 Å². The Hall–Kier alpha value is -0.390. The van der Waals surface area contributed by atoms with Crippen LogP contribution in [-0.4, -0.2) is 39.9 Å². The molecule has 0 saturated carbocycles. The van der Waals surface area contributed by atoms with Crippen LogP contribution in [0.2, 0.25) is 0 Å². The van der Waals surface area contributed by atoms with Crippen molar-refractivity contribution in [3.8, 4) is 0 Å². The van der Waals surface area contributed by atoms with Crippen molar-refractivity contribution in [2.24, 2.45) is 7.05 Å². The lowest BCUT2D eigenvalue weighted by molar-refractivity contribution is 0.0425. The molecule has 1 fully saturated rings. The molecular weight excluding hydrogens is 316 g/mol. The van der Waals surface area contributed by atoms with E-state index in [1.54, 1.807) is 0 Å². The van der Waals surface area contributed by atoms with Crippen LogP contribution in [0.4, 0.5) is 0 Å². The number of nitrogens with one attached hydrogen (secondary N) is 1. The van der Waals surface area contributed by atoms with Crippen molar-refractivity contribution in [1.29, 1.82) is 0 Å². The quantitative estimate of drug-likeness (QED) is 0.892. The number of aromatic nitrogens is 2. The first-order valence-corrected chi connectivity index (χ1v) is 8.53. The standard InChI is InChI=1S/C15H27BrN4/c1-5-12-14(16)13(19(4)18-12)10-20-9-8-17-11-15(20,6-2)7-3/h17H,5-11H2,1-4H3. The summed E-state index contributed by atoms with van der Waals surface area (Å²) in [6, 6.07) is 0. The summed E-state index contributed by atoms with van der Waals surface area (Å²) in [4.78, 5) is 2.64. The predicted octanol–water partition coefficient (Wildman–Crippen LogP) is 2.71. The Bertz CT molecular complexity index is 451. The first-order valence-electron chi connectivity index (χ1n) is 7.74. The highest BCUT2D eigenvalue weighted by molar-refractivity contribution is 9.10. The number of hydrogen-bond donors (Lipinski definition) is 1. The highest BCUT2D eigenvalue weighted by atomic mass is 79.9. The molecule has 1 aliphatic rings. The van der Waals surface area contributed by atoms with E-state index >= 15 is 0 Å². The fraction of sp³-hybridized carbons (Fsp3) is 0.800. The maximum atomic E-state index is 4.62. The Morgan fingerprint density at radius 1 is 1.30 bits per heavy atom. The number of rotatable bonds is 5. The van der Waals surface area contributed by atoms with Crippen molar-refractivity contribution in [2.45, 2.75) is 52.1 Å². The monoisotopic (exact) mass is 342 g/mol. The molecule has 1 aromatic rings. The first kappa shape index (κ1) is 16.0. The molecule has 0 atom stereocenters. The Kier molecular flexibility index (Phi) is 5.26. The van der Waals surface area contributed by atoms with E-state index in [0.29, 0.717) is 0 Å². The van der Waals surface area contributed by atoms with Crippen molar-refractivity contribution in [3.05, 3.63) is 15.9 Å². The zero-order valence-electron chi connectivity index (χ0n) is 13.2. The van der Waals surface area contributed by atoms with Gasteiger partial charge in [0.05, 0.1) is 15.9 Å². The zero-order valence-corrected chi connectivity index (χ0v) is 14.8. The van der Waals surface area contributed by atoms with Gasteiger partial charge in [-0.1, -0.05) is 20.8 Å². The molecule has 0 radical (unpaired) electrons. The maximum Gasteiger partial charge on any atom is 0.0767 e. The molecule has 0 bridgehead atoms. The molecule has 1 N–H and O–H groups in total. The second kappa shape index (κ2) is 6.58. The van der Waals surface area contributed by atoms with Crippen LogP contribution < -0.4 is 5.32 Å². The number of halogens is 1. The summed E-state index contributed by atoms with van der Waals surface area (Å²) in [5.41, 5.74) is 2.75. The van der Waals surface area contributed by atoms with Gasteiger partial charge in [-0.05, 0) is 35.2 Å². The van der Waals surface area contributed by atoms with E-state index in [-0.39, 0.29) is 5.54 Å². The fourth-order valence-electron chi connectivity index (χ4n) is 3.25. The molecule has 2 heterocycles. The van der Waals surface area contributed by atoms with Gasteiger partial charge in [-0.2, -0.15) is 5.10 Å². The second-order valence-electron chi connectivity index (χ2n) is 5.71. The summed E-state index contributed by atoms with van der Waals surface area (Å²) in [6.07, 6.45) is 3.35. The average molecular weight is 343 g/mol. The SMILES string of the molecule is CCc1nn(C)c(CN2CCNCC2(CC)CC)c1Br. The van der Waals surface area contributed by atoms with E-state index in [1.165, 1.54) is 23.0 Å². The lowest BCUT2D eigenvalue weighted by atomic mass is 9.88. The molecule has 1 saturated heterocycles.